The van der Waals surface area contributed by atoms with E-state index in [2.05, 4.69) is 0 Å². The molecule has 2 aromatic carbocycles. The summed E-state index contributed by atoms with van der Waals surface area (Å²) in [5.41, 5.74) is 0.331. The highest BCUT2D eigenvalue weighted by Gasteiger charge is 2.10. The van der Waals surface area contributed by atoms with Crippen molar-refractivity contribution in [3.63, 3.8) is 0 Å². The van der Waals surface area contributed by atoms with Crippen LogP contribution >= 0.6 is 11.6 Å². The molecule has 4 heteroatoms. The molecule has 0 spiro atoms. The van der Waals surface area contributed by atoms with Crippen molar-refractivity contribution in [3.8, 4) is 0 Å². The summed E-state index contributed by atoms with van der Waals surface area (Å²) in [5.74, 6) is -2.02. The molecule has 0 aliphatic heterocycles. The molecule has 0 N–H and O–H groups in total. The zero-order valence-electron chi connectivity index (χ0n) is 9.74. The van der Waals surface area contributed by atoms with Crippen LogP contribution in [-0.2, 0) is 0 Å². The molecule has 2 rings (SSSR count). The smallest absolute Gasteiger partial charge is 0.188 e. The van der Waals surface area contributed by atoms with Crippen LogP contribution in [0.25, 0.3) is 6.08 Å². The summed E-state index contributed by atoms with van der Waals surface area (Å²) in [7, 11) is 0. The molecule has 0 amide bonds. The lowest BCUT2D eigenvalue weighted by Gasteiger charge is -1.99. The summed E-state index contributed by atoms with van der Waals surface area (Å²) in [4.78, 5) is 11.8. The second-order valence-corrected chi connectivity index (χ2v) is 4.25. The normalized spacial score (nSPS) is 10.9. The van der Waals surface area contributed by atoms with E-state index in [9.17, 15) is 13.6 Å². The maximum Gasteiger partial charge on any atom is 0.188 e. The Labute approximate surface area is 114 Å². The van der Waals surface area contributed by atoms with E-state index in [1.165, 1.54) is 12.2 Å². The van der Waals surface area contributed by atoms with Crippen molar-refractivity contribution in [1.29, 1.82) is 0 Å². The zero-order valence-corrected chi connectivity index (χ0v) is 10.5. The number of carbonyl (C=O) groups excluding carboxylic acids is 1. The van der Waals surface area contributed by atoms with Crippen LogP contribution in [0.15, 0.2) is 48.5 Å². The number of benzene rings is 2. The summed E-state index contributed by atoms with van der Waals surface area (Å²) in [5, 5.41) is 0.478. The van der Waals surface area contributed by atoms with Gasteiger partial charge in [0.15, 0.2) is 5.78 Å². The van der Waals surface area contributed by atoms with Crippen LogP contribution in [0.5, 0.6) is 0 Å². The van der Waals surface area contributed by atoms with Gasteiger partial charge in [0.1, 0.15) is 11.6 Å². The van der Waals surface area contributed by atoms with Gasteiger partial charge in [-0.3, -0.25) is 4.79 Å². The van der Waals surface area contributed by atoms with Gasteiger partial charge >= 0.3 is 0 Å². The first-order valence-corrected chi connectivity index (χ1v) is 5.88. The molecule has 19 heavy (non-hydrogen) atoms. The van der Waals surface area contributed by atoms with Crippen LogP contribution in [0.3, 0.4) is 0 Å². The summed E-state index contributed by atoms with van der Waals surface area (Å²) in [6.45, 7) is 0. The highest BCUT2D eigenvalue weighted by Crippen LogP contribution is 2.17. The van der Waals surface area contributed by atoms with Gasteiger partial charge in [-0.05, 0) is 42.0 Å². The van der Waals surface area contributed by atoms with Crippen LogP contribution < -0.4 is 0 Å². The van der Waals surface area contributed by atoms with E-state index in [4.69, 9.17) is 11.6 Å². The fourth-order valence-electron chi connectivity index (χ4n) is 1.55. The maximum absolute atomic E-state index is 13.4. The van der Waals surface area contributed by atoms with Crippen molar-refractivity contribution in [2.45, 2.75) is 0 Å². The molecular weight excluding hydrogens is 270 g/mol. The molecule has 0 bridgehead atoms. The Morgan fingerprint density at radius 2 is 1.84 bits per heavy atom. The number of ketones is 1. The minimum Gasteiger partial charge on any atom is -0.289 e. The third-order valence-corrected chi connectivity index (χ3v) is 2.86. The Morgan fingerprint density at radius 1 is 1.11 bits per heavy atom. The minimum absolute atomic E-state index is 0.302. The average molecular weight is 279 g/mol. The van der Waals surface area contributed by atoms with Gasteiger partial charge in [-0.1, -0.05) is 29.8 Å². The minimum atomic E-state index is -0.754. The fourth-order valence-corrected chi connectivity index (χ4v) is 1.75. The van der Waals surface area contributed by atoms with Gasteiger partial charge in [0, 0.05) is 5.02 Å². The second-order valence-electron chi connectivity index (χ2n) is 3.84. The van der Waals surface area contributed by atoms with Gasteiger partial charge in [0.25, 0.3) is 0 Å². The van der Waals surface area contributed by atoms with E-state index in [1.807, 2.05) is 0 Å². The van der Waals surface area contributed by atoms with E-state index < -0.39 is 17.4 Å². The van der Waals surface area contributed by atoms with E-state index in [-0.39, 0.29) is 5.56 Å². The first kappa shape index (κ1) is 13.4. The third kappa shape index (κ3) is 3.26. The van der Waals surface area contributed by atoms with Crippen molar-refractivity contribution in [2.24, 2.45) is 0 Å². The lowest BCUT2D eigenvalue weighted by Crippen LogP contribution is -1.99. The highest BCUT2D eigenvalue weighted by atomic mass is 35.5. The molecule has 0 unspecified atom stereocenters. The average Bonchev–Trinajstić information content (AvgIpc) is 2.40. The molecule has 0 radical (unpaired) electrons. The van der Waals surface area contributed by atoms with Crippen LogP contribution in [-0.4, -0.2) is 5.78 Å². The molecule has 0 aliphatic rings. The van der Waals surface area contributed by atoms with Gasteiger partial charge in [-0.25, -0.2) is 8.78 Å². The molecule has 1 nitrogen and oxygen atoms in total. The van der Waals surface area contributed by atoms with Crippen molar-refractivity contribution >= 4 is 23.5 Å². The van der Waals surface area contributed by atoms with Crippen molar-refractivity contribution in [1.82, 2.24) is 0 Å². The Balaban J connectivity index is 2.26. The summed E-state index contributed by atoms with van der Waals surface area (Å²) in [6.07, 6.45) is 2.63. The summed E-state index contributed by atoms with van der Waals surface area (Å²) >= 11 is 5.91. The highest BCUT2D eigenvalue weighted by molar-refractivity contribution is 6.32. The second kappa shape index (κ2) is 5.76. The standard InChI is InChI=1S/C15H9ClF2O/c16-13-4-2-1-3-10(13)5-8-15(19)12-9-11(17)6-7-14(12)18/h1-9H/b8-5+. The zero-order chi connectivity index (χ0) is 13.8. The lowest BCUT2D eigenvalue weighted by molar-refractivity contribution is 0.104. The van der Waals surface area contributed by atoms with E-state index in [0.717, 1.165) is 18.2 Å². The molecular formula is C15H9ClF2O. The maximum atomic E-state index is 13.4. The predicted octanol–water partition coefficient (Wildman–Crippen LogP) is 4.51. The van der Waals surface area contributed by atoms with Crippen molar-refractivity contribution in [3.05, 3.63) is 76.3 Å². The topological polar surface area (TPSA) is 17.1 Å². The molecule has 2 aromatic rings. The number of hydrogen-bond acceptors (Lipinski definition) is 1. The number of hydrogen-bond donors (Lipinski definition) is 0. The number of rotatable bonds is 3. The van der Waals surface area contributed by atoms with Crippen LogP contribution in [0.1, 0.15) is 15.9 Å². The molecule has 0 fully saturated rings. The first-order valence-electron chi connectivity index (χ1n) is 5.50. The van der Waals surface area contributed by atoms with Crippen molar-refractivity contribution < 1.29 is 13.6 Å². The first-order chi connectivity index (χ1) is 9.08. The molecule has 0 aliphatic carbocycles. The monoisotopic (exact) mass is 278 g/mol. The summed E-state index contributed by atoms with van der Waals surface area (Å²) in [6, 6.07) is 9.67. The lowest BCUT2D eigenvalue weighted by atomic mass is 10.1. The number of allylic oxidation sites excluding steroid dienone is 1. The van der Waals surface area contributed by atoms with Gasteiger partial charge in [0.05, 0.1) is 5.56 Å². The van der Waals surface area contributed by atoms with E-state index >= 15 is 0 Å². The third-order valence-electron chi connectivity index (χ3n) is 2.51. The molecule has 0 atom stereocenters. The van der Waals surface area contributed by atoms with Gasteiger partial charge in [0.2, 0.25) is 0 Å². The molecule has 96 valence electrons. The number of carbonyl (C=O) groups is 1. The van der Waals surface area contributed by atoms with E-state index in [0.29, 0.717) is 10.6 Å². The van der Waals surface area contributed by atoms with Crippen LogP contribution in [0.2, 0.25) is 5.02 Å². The SMILES string of the molecule is O=C(/C=C/c1ccccc1Cl)c1cc(F)ccc1F. The van der Waals surface area contributed by atoms with Crippen LogP contribution in [0.4, 0.5) is 8.78 Å². The Hall–Kier alpha value is -2.00. The van der Waals surface area contributed by atoms with Crippen molar-refractivity contribution in [2.75, 3.05) is 0 Å². The number of halogens is 3. The summed E-state index contributed by atoms with van der Waals surface area (Å²) < 4.78 is 26.3. The van der Waals surface area contributed by atoms with Gasteiger partial charge < -0.3 is 0 Å². The van der Waals surface area contributed by atoms with Crippen LogP contribution in [0, 0.1) is 11.6 Å². The molecule has 0 saturated heterocycles. The molecule has 0 heterocycles. The quantitative estimate of drug-likeness (QED) is 0.596. The molecule has 0 aromatic heterocycles. The van der Waals surface area contributed by atoms with E-state index in [1.54, 1.807) is 24.3 Å². The van der Waals surface area contributed by atoms with Gasteiger partial charge in [-0.2, -0.15) is 0 Å². The van der Waals surface area contributed by atoms with Gasteiger partial charge in [-0.15, -0.1) is 0 Å². The largest absolute Gasteiger partial charge is 0.289 e. The Bertz CT molecular complexity index is 650. The fraction of sp³-hybridized carbons (Fsp3) is 0. The molecule has 0 saturated carbocycles. The Kier molecular flexibility index (Phi) is 4.07. The Morgan fingerprint density at radius 3 is 2.58 bits per heavy atom. The predicted molar refractivity (Wildman–Crippen MR) is 71.2 cm³/mol.